The van der Waals surface area contributed by atoms with Crippen molar-refractivity contribution in [2.24, 2.45) is 0 Å². The molecule has 0 amide bonds. The van der Waals surface area contributed by atoms with Gasteiger partial charge in [0, 0.05) is 27.2 Å². The molecule has 312 valence electrons. The lowest BCUT2D eigenvalue weighted by Crippen LogP contribution is -2.05. The highest BCUT2D eigenvalue weighted by Gasteiger charge is 2.31. The Labute approximate surface area is 374 Å². The maximum atomic E-state index is 14.3. The second-order valence-electron chi connectivity index (χ2n) is 17.0. The molecule has 0 bridgehead atoms. The molecule has 0 atom stereocenters. The molecule has 0 aliphatic heterocycles. The minimum atomic E-state index is -4.52. The number of halogens is 3. The number of aromatic nitrogens is 2. The molecule has 0 unspecified atom stereocenters. The fraction of sp³-hybridized carbons (Fsp3) is 0.0678. The van der Waals surface area contributed by atoms with Crippen LogP contribution < -0.4 is 0 Å². The van der Waals surface area contributed by atoms with Crippen LogP contribution in [0.15, 0.2) is 188 Å². The van der Waals surface area contributed by atoms with Gasteiger partial charge >= 0.3 is 6.18 Å². The van der Waals surface area contributed by atoms with Crippen molar-refractivity contribution in [2.75, 3.05) is 0 Å². The lowest BCUT2D eigenvalue weighted by molar-refractivity contribution is -0.137. The zero-order valence-corrected chi connectivity index (χ0v) is 35.9. The molecule has 11 aromatic rings. The Morgan fingerprint density at radius 2 is 0.923 bits per heavy atom. The van der Waals surface area contributed by atoms with Gasteiger partial charge in [0.2, 0.25) is 0 Å². The Hall–Kier alpha value is -8.14. The van der Waals surface area contributed by atoms with Crippen molar-refractivity contribution >= 4 is 49.3 Å². The third-order valence-corrected chi connectivity index (χ3v) is 12.7. The average molecular weight is 848 g/mol. The average Bonchev–Trinajstić information content (AvgIpc) is 3.83. The quantitative estimate of drug-likeness (QED) is 0.148. The molecule has 2 heterocycles. The number of benzene rings is 9. The Balaban J connectivity index is 1.18. The molecule has 0 radical (unpaired) electrons. The van der Waals surface area contributed by atoms with Gasteiger partial charge in [0.1, 0.15) is 0 Å². The van der Waals surface area contributed by atoms with Crippen molar-refractivity contribution in [2.45, 2.75) is 26.9 Å². The van der Waals surface area contributed by atoms with Crippen molar-refractivity contribution in [3.8, 4) is 55.9 Å². The van der Waals surface area contributed by atoms with E-state index in [0.29, 0.717) is 27.9 Å². The third-order valence-electron chi connectivity index (χ3n) is 12.7. The Morgan fingerprint density at radius 3 is 1.52 bits per heavy atom. The highest BCUT2D eigenvalue weighted by atomic mass is 19.4. The van der Waals surface area contributed by atoms with Crippen LogP contribution >= 0.6 is 0 Å². The van der Waals surface area contributed by atoms with Gasteiger partial charge in [0.25, 0.3) is 0 Å². The molecule has 0 fully saturated rings. The van der Waals surface area contributed by atoms with Gasteiger partial charge in [-0.1, -0.05) is 126 Å². The predicted octanol–water partition coefficient (Wildman–Crippen LogP) is 17.0. The molecule has 11 rings (SSSR count). The first kappa shape index (κ1) is 39.7. The number of para-hydroxylation sites is 2. The normalized spacial score (nSPS) is 11.8. The van der Waals surface area contributed by atoms with E-state index < -0.39 is 11.7 Å². The first-order valence-corrected chi connectivity index (χ1v) is 21.6. The number of hydrogen-bond acceptors (Lipinski definition) is 0. The van der Waals surface area contributed by atoms with Crippen molar-refractivity contribution in [3.05, 3.63) is 222 Å². The summed E-state index contributed by atoms with van der Waals surface area (Å²) in [6.07, 6.45) is -4.52. The second kappa shape index (κ2) is 15.3. The van der Waals surface area contributed by atoms with Gasteiger partial charge < -0.3 is 9.13 Å². The summed E-state index contributed by atoms with van der Waals surface area (Å²) in [6, 6.07) is 62.7. The summed E-state index contributed by atoms with van der Waals surface area (Å²) in [4.78, 5) is 4.09. The van der Waals surface area contributed by atoms with Crippen molar-refractivity contribution < 1.29 is 13.2 Å². The third kappa shape index (κ3) is 6.85. The van der Waals surface area contributed by atoms with Gasteiger partial charge in [-0.15, -0.1) is 0 Å². The Kier molecular flexibility index (Phi) is 9.34. The summed E-state index contributed by atoms with van der Waals surface area (Å²) in [5.74, 6) is 0. The predicted molar refractivity (Wildman–Crippen MR) is 262 cm³/mol. The van der Waals surface area contributed by atoms with Gasteiger partial charge in [0.15, 0.2) is 5.69 Å². The standard InChI is InChI=1S/C59H40F3N3/c1-36-11-9-13-39(27-36)41-19-24-56-50(32-41)47-15-5-7-17-54(47)64(56)46-22-23-53(63-4)49(35-46)52-34-43(44-29-38(3)30-45(31-44)59(60,61)62)21-26-58(52)65-55-18-8-6-16-48(55)51-33-42(20-25-57(51)65)40-14-10-12-37(2)28-40/h5-35H,1-3H3. The number of hydrogen-bond donors (Lipinski definition) is 0. The van der Waals surface area contributed by atoms with Crippen molar-refractivity contribution in [1.29, 1.82) is 0 Å². The van der Waals surface area contributed by atoms with E-state index in [-0.39, 0.29) is 0 Å². The maximum absolute atomic E-state index is 14.3. The van der Waals surface area contributed by atoms with Crippen LogP contribution in [0.5, 0.6) is 0 Å². The largest absolute Gasteiger partial charge is 0.416 e. The minimum absolute atomic E-state index is 0.428. The van der Waals surface area contributed by atoms with Gasteiger partial charge in [-0.2, -0.15) is 13.2 Å². The maximum Gasteiger partial charge on any atom is 0.416 e. The van der Waals surface area contributed by atoms with E-state index in [4.69, 9.17) is 6.57 Å². The fourth-order valence-corrected chi connectivity index (χ4v) is 9.71. The molecule has 6 heteroatoms. The monoisotopic (exact) mass is 847 g/mol. The van der Waals surface area contributed by atoms with E-state index in [9.17, 15) is 13.2 Å². The van der Waals surface area contributed by atoms with E-state index >= 15 is 0 Å². The van der Waals surface area contributed by atoms with E-state index in [1.807, 2.05) is 48.5 Å². The summed E-state index contributed by atoms with van der Waals surface area (Å²) in [6.45, 7) is 14.4. The Bertz CT molecular complexity index is 3760. The molecule has 0 saturated carbocycles. The highest BCUT2D eigenvalue weighted by Crippen LogP contribution is 2.45. The van der Waals surface area contributed by atoms with Crippen molar-refractivity contribution in [1.82, 2.24) is 9.13 Å². The molecule has 0 aliphatic rings. The van der Waals surface area contributed by atoms with Crippen LogP contribution in [-0.4, -0.2) is 9.13 Å². The van der Waals surface area contributed by atoms with Crippen LogP contribution in [0.1, 0.15) is 22.3 Å². The lowest BCUT2D eigenvalue weighted by atomic mass is 9.94. The highest BCUT2D eigenvalue weighted by molar-refractivity contribution is 6.12. The number of rotatable bonds is 6. The molecule has 0 N–H and O–H groups in total. The molecule has 3 nitrogen and oxygen atoms in total. The van der Waals surface area contributed by atoms with E-state index in [1.54, 1.807) is 13.0 Å². The molecular formula is C59H40F3N3. The SMILES string of the molecule is [C-]#[N+]c1ccc(-n2c3ccccc3c3cc(-c4cccc(C)c4)ccc32)cc1-c1cc(-c2cc(C)cc(C(F)(F)F)c2)ccc1-n1c2ccccc2c2cc(-c3cccc(C)c3)ccc21. The Morgan fingerprint density at radius 1 is 0.400 bits per heavy atom. The summed E-state index contributed by atoms with van der Waals surface area (Å²) in [5.41, 5.74) is 15.2. The van der Waals surface area contributed by atoms with Gasteiger partial charge in [0.05, 0.1) is 39.9 Å². The molecule has 65 heavy (non-hydrogen) atoms. The lowest BCUT2D eigenvalue weighted by Gasteiger charge is -2.19. The molecule has 9 aromatic carbocycles. The van der Waals surface area contributed by atoms with E-state index in [1.165, 1.54) is 23.3 Å². The molecule has 0 spiro atoms. The summed E-state index contributed by atoms with van der Waals surface area (Å²) >= 11 is 0. The minimum Gasteiger partial charge on any atom is -0.309 e. The molecule has 0 aliphatic carbocycles. The van der Waals surface area contributed by atoms with Crippen LogP contribution in [-0.2, 0) is 6.18 Å². The smallest absolute Gasteiger partial charge is 0.309 e. The molecule has 0 saturated heterocycles. The molecular weight excluding hydrogens is 808 g/mol. The number of nitrogens with zero attached hydrogens (tertiary/aromatic N) is 3. The van der Waals surface area contributed by atoms with E-state index in [2.05, 4.69) is 149 Å². The first-order chi connectivity index (χ1) is 31.5. The van der Waals surface area contributed by atoms with Crippen LogP contribution in [0.4, 0.5) is 18.9 Å². The summed E-state index contributed by atoms with van der Waals surface area (Å²) in [7, 11) is 0. The van der Waals surface area contributed by atoms with Crippen LogP contribution in [0.2, 0.25) is 0 Å². The van der Waals surface area contributed by atoms with Crippen LogP contribution in [0.3, 0.4) is 0 Å². The van der Waals surface area contributed by atoms with Crippen LogP contribution in [0.25, 0.3) is 104 Å². The molecule has 2 aromatic heterocycles. The van der Waals surface area contributed by atoms with Gasteiger partial charge in [-0.3, -0.25) is 0 Å². The number of fused-ring (bicyclic) bond motifs is 6. The number of alkyl halides is 3. The summed E-state index contributed by atoms with van der Waals surface area (Å²) < 4.78 is 47.4. The zero-order valence-electron chi connectivity index (χ0n) is 35.9. The van der Waals surface area contributed by atoms with Crippen LogP contribution in [0, 0.1) is 27.3 Å². The topological polar surface area (TPSA) is 14.2 Å². The summed E-state index contributed by atoms with van der Waals surface area (Å²) in [5, 5.41) is 4.34. The zero-order chi connectivity index (χ0) is 44.6. The van der Waals surface area contributed by atoms with Gasteiger partial charge in [-0.05, 0) is 144 Å². The van der Waals surface area contributed by atoms with E-state index in [0.717, 1.165) is 82.8 Å². The fourth-order valence-electron chi connectivity index (χ4n) is 9.71. The second-order valence-corrected chi connectivity index (χ2v) is 17.0. The first-order valence-electron chi connectivity index (χ1n) is 21.6. The van der Waals surface area contributed by atoms with Gasteiger partial charge in [-0.25, -0.2) is 4.85 Å². The van der Waals surface area contributed by atoms with Crippen molar-refractivity contribution in [3.63, 3.8) is 0 Å². The number of aryl methyl sites for hydroxylation is 3.